The minimum atomic E-state index is -0.667. The van der Waals surface area contributed by atoms with Gasteiger partial charge in [0.15, 0.2) is 0 Å². The van der Waals surface area contributed by atoms with Crippen LogP contribution in [0.4, 0.5) is 0 Å². The molecular formula is C18H24N2O3. The van der Waals surface area contributed by atoms with Gasteiger partial charge in [-0.3, -0.25) is 4.79 Å². The van der Waals surface area contributed by atoms with Crippen LogP contribution in [0.2, 0.25) is 0 Å². The van der Waals surface area contributed by atoms with Crippen molar-refractivity contribution < 1.29 is 14.3 Å². The fourth-order valence-corrected chi connectivity index (χ4v) is 3.34. The van der Waals surface area contributed by atoms with Gasteiger partial charge in [-0.1, -0.05) is 12.8 Å². The van der Waals surface area contributed by atoms with E-state index in [1.165, 1.54) is 0 Å². The van der Waals surface area contributed by atoms with Crippen LogP contribution in [0.1, 0.15) is 54.3 Å². The number of aromatic nitrogens is 1. The molecule has 1 aliphatic rings. The maximum absolute atomic E-state index is 12.9. The van der Waals surface area contributed by atoms with Gasteiger partial charge < -0.3 is 19.0 Å². The predicted molar refractivity (Wildman–Crippen MR) is 87.0 cm³/mol. The van der Waals surface area contributed by atoms with Gasteiger partial charge in [0.05, 0.1) is 11.8 Å². The van der Waals surface area contributed by atoms with E-state index >= 15 is 0 Å². The minimum absolute atomic E-state index is 0.0466. The standard InChI is InChI=1S/C18H24N2O3/c1-19-10-8-14(13-19)18(22)20-9-4-2-3-6-15(20)12-16(21)17-7-5-11-23-17/h5,7-8,10-11,13,15-16,21H,2-4,6,9,12H2,1H3. The van der Waals surface area contributed by atoms with E-state index in [4.69, 9.17) is 4.42 Å². The summed E-state index contributed by atoms with van der Waals surface area (Å²) in [5, 5.41) is 10.4. The molecule has 5 heteroatoms. The summed E-state index contributed by atoms with van der Waals surface area (Å²) < 4.78 is 7.18. The maximum Gasteiger partial charge on any atom is 0.255 e. The normalized spacial score (nSPS) is 20.3. The minimum Gasteiger partial charge on any atom is -0.467 e. The molecule has 1 N–H and O–H groups in total. The first kappa shape index (κ1) is 15.9. The van der Waals surface area contributed by atoms with E-state index in [-0.39, 0.29) is 11.9 Å². The number of carbonyl (C=O) groups is 1. The molecule has 23 heavy (non-hydrogen) atoms. The Hall–Kier alpha value is -2.01. The lowest BCUT2D eigenvalue weighted by Gasteiger charge is -2.31. The number of aliphatic hydroxyl groups excluding tert-OH is 1. The highest BCUT2D eigenvalue weighted by Crippen LogP contribution is 2.27. The van der Waals surface area contributed by atoms with Crippen LogP contribution >= 0.6 is 0 Å². The van der Waals surface area contributed by atoms with Gasteiger partial charge >= 0.3 is 0 Å². The molecule has 2 atom stereocenters. The molecule has 0 radical (unpaired) electrons. The van der Waals surface area contributed by atoms with Gasteiger partial charge in [0, 0.05) is 38.4 Å². The number of likely N-dealkylation sites (tertiary alicyclic amines) is 1. The molecule has 124 valence electrons. The average molecular weight is 316 g/mol. The Balaban J connectivity index is 1.75. The molecule has 2 unspecified atom stereocenters. The molecule has 3 rings (SSSR count). The molecule has 0 spiro atoms. The second-order valence-electron chi connectivity index (χ2n) is 6.33. The zero-order valence-electron chi connectivity index (χ0n) is 13.5. The third-order valence-corrected chi connectivity index (χ3v) is 4.58. The van der Waals surface area contributed by atoms with E-state index in [9.17, 15) is 9.90 Å². The van der Waals surface area contributed by atoms with Gasteiger partial charge in [-0.05, 0) is 31.0 Å². The van der Waals surface area contributed by atoms with Crippen molar-refractivity contribution in [1.29, 1.82) is 0 Å². The first-order chi connectivity index (χ1) is 11.1. The summed E-state index contributed by atoms with van der Waals surface area (Å²) in [7, 11) is 1.91. The van der Waals surface area contributed by atoms with E-state index in [2.05, 4.69) is 0 Å². The maximum atomic E-state index is 12.9. The smallest absolute Gasteiger partial charge is 0.255 e. The Kier molecular flexibility index (Phi) is 4.86. The quantitative estimate of drug-likeness (QED) is 0.943. The predicted octanol–water partition coefficient (Wildman–Crippen LogP) is 3.13. The molecule has 2 aromatic rings. The average Bonchev–Trinajstić information content (AvgIpc) is 3.16. The van der Waals surface area contributed by atoms with Crippen LogP contribution in [-0.2, 0) is 7.05 Å². The summed E-state index contributed by atoms with van der Waals surface area (Å²) >= 11 is 0. The molecule has 2 aromatic heterocycles. The number of aliphatic hydroxyl groups is 1. The van der Waals surface area contributed by atoms with Gasteiger partial charge in [-0.2, -0.15) is 0 Å². The van der Waals surface area contributed by atoms with Gasteiger partial charge in [0.2, 0.25) is 0 Å². The summed E-state index contributed by atoms with van der Waals surface area (Å²) in [6.07, 6.45) is 9.33. The van der Waals surface area contributed by atoms with Crippen molar-refractivity contribution in [2.45, 2.75) is 44.2 Å². The molecule has 1 aliphatic heterocycles. The van der Waals surface area contributed by atoms with Crippen molar-refractivity contribution in [1.82, 2.24) is 9.47 Å². The zero-order valence-corrected chi connectivity index (χ0v) is 13.5. The number of hydrogen-bond donors (Lipinski definition) is 1. The van der Waals surface area contributed by atoms with Gasteiger partial charge in [-0.25, -0.2) is 0 Å². The highest BCUT2D eigenvalue weighted by atomic mass is 16.4. The van der Waals surface area contributed by atoms with E-state index in [1.807, 2.05) is 35.0 Å². The number of hydrogen-bond acceptors (Lipinski definition) is 3. The van der Waals surface area contributed by atoms with Gasteiger partial charge in [0.1, 0.15) is 11.9 Å². The van der Waals surface area contributed by atoms with E-state index in [1.54, 1.807) is 18.4 Å². The highest BCUT2D eigenvalue weighted by molar-refractivity contribution is 5.94. The van der Waals surface area contributed by atoms with Crippen LogP contribution < -0.4 is 0 Å². The first-order valence-corrected chi connectivity index (χ1v) is 8.29. The largest absolute Gasteiger partial charge is 0.467 e. The fraction of sp³-hybridized carbons (Fsp3) is 0.500. The Labute approximate surface area is 136 Å². The van der Waals surface area contributed by atoms with Crippen LogP contribution in [0.25, 0.3) is 0 Å². The van der Waals surface area contributed by atoms with Crippen molar-refractivity contribution >= 4 is 5.91 Å². The Bertz CT molecular complexity index is 632. The van der Waals surface area contributed by atoms with Crippen LogP contribution in [-0.4, -0.2) is 33.1 Å². The molecule has 0 saturated carbocycles. The van der Waals surface area contributed by atoms with Crippen LogP contribution in [0.5, 0.6) is 0 Å². The lowest BCUT2D eigenvalue weighted by molar-refractivity contribution is 0.0557. The fourth-order valence-electron chi connectivity index (χ4n) is 3.34. The molecule has 1 amide bonds. The topological polar surface area (TPSA) is 58.6 Å². The lowest BCUT2D eigenvalue weighted by atomic mass is 10.0. The summed E-state index contributed by atoms with van der Waals surface area (Å²) in [6.45, 7) is 0.753. The van der Waals surface area contributed by atoms with E-state index in [0.29, 0.717) is 17.7 Å². The summed E-state index contributed by atoms with van der Waals surface area (Å²) in [5.74, 6) is 0.630. The summed E-state index contributed by atoms with van der Waals surface area (Å²) in [6, 6.07) is 5.46. The third kappa shape index (κ3) is 3.67. The lowest BCUT2D eigenvalue weighted by Crippen LogP contribution is -2.40. The summed E-state index contributed by atoms with van der Waals surface area (Å²) in [4.78, 5) is 14.8. The Morgan fingerprint density at radius 1 is 1.39 bits per heavy atom. The highest BCUT2D eigenvalue weighted by Gasteiger charge is 2.29. The Morgan fingerprint density at radius 2 is 2.26 bits per heavy atom. The molecule has 1 saturated heterocycles. The molecule has 5 nitrogen and oxygen atoms in total. The van der Waals surface area contributed by atoms with Crippen molar-refractivity contribution in [3.63, 3.8) is 0 Å². The number of aryl methyl sites for hydroxylation is 1. The van der Waals surface area contributed by atoms with Crippen molar-refractivity contribution in [3.8, 4) is 0 Å². The molecule has 3 heterocycles. The monoisotopic (exact) mass is 316 g/mol. The first-order valence-electron chi connectivity index (χ1n) is 8.29. The van der Waals surface area contributed by atoms with Gasteiger partial charge in [0.25, 0.3) is 5.91 Å². The number of nitrogens with zero attached hydrogens (tertiary/aromatic N) is 2. The molecule has 0 aliphatic carbocycles. The SMILES string of the molecule is Cn1ccc(C(=O)N2CCCCCC2CC(O)c2ccco2)c1. The Morgan fingerprint density at radius 3 is 2.96 bits per heavy atom. The number of furan rings is 1. The molecule has 0 bridgehead atoms. The van der Waals surface area contributed by atoms with Crippen molar-refractivity contribution in [2.24, 2.45) is 7.05 Å². The third-order valence-electron chi connectivity index (χ3n) is 4.58. The number of amides is 1. The van der Waals surface area contributed by atoms with Crippen LogP contribution in [0.15, 0.2) is 41.3 Å². The number of carbonyl (C=O) groups excluding carboxylic acids is 1. The number of rotatable bonds is 4. The van der Waals surface area contributed by atoms with E-state index < -0.39 is 6.10 Å². The van der Waals surface area contributed by atoms with Gasteiger partial charge in [-0.15, -0.1) is 0 Å². The second kappa shape index (κ2) is 7.04. The van der Waals surface area contributed by atoms with Crippen LogP contribution in [0, 0.1) is 0 Å². The molecule has 0 aromatic carbocycles. The van der Waals surface area contributed by atoms with Crippen molar-refractivity contribution in [2.75, 3.05) is 6.54 Å². The summed E-state index contributed by atoms with van der Waals surface area (Å²) in [5.41, 5.74) is 0.715. The van der Waals surface area contributed by atoms with Crippen molar-refractivity contribution in [3.05, 3.63) is 48.2 Å². The van der Waals surface area contributed by atoms with E-state index in [0.717, 1.165) is 32.2 Å². The zero-order chi connectivity index (χ0) is 16.2. The molecule has 1 fully saturated rings. The molecular weight excluding hydrogens is 292 g/mol. The van der Waals surface area contributed by atoms with Crippen LogP contribution in [0.3, 0.4) is 0 Å². The second-order valence-corrected chi connectivity index (χ2v) is 6.33.